The summed E-state index contributed by atoms with van der Waals surface area (Å²) in [4.78, 5) is 22.6. The molecule has 5 heteroatoms. The molecular formula is C19H22N2O3. The Balaban J connectivity index is 2.11. The van der Waals surface area contributed by atoms with E-state index in [0.29, 0.717) is 0 Å². The lowest BCUT2D eigenvalue weighted by Gasteiger charge is -2.20. The van der Waals surface area contributed by atoms with Crippen LogP contribution in [0.15, 0.2) is 48.5 Å². The van der Waals surface area contributed by atoms with Gasteiger partial charge in [-0.2, -0.15) is 0 Å². The Hall–Kier alpha value is -2.69. The number of non-ortho nitro benzene ring substituents is 1. The van der Waals surface area contributed by atoms with E-state index < -0.39 is 4.92 Å². The van der Waals surface area contributed by atoms with E-state index in [1.54, 1.807) is 6.07 Å². The molecule has 2 aromatic rings. The molecule has 2 rings (SSSR count). The molecule has 5 nitrogen and oxygen atoms in total. The summed E-state index contributed by atoms with van der Waals surface area (Å²) in [5.74, 6) is -0.328. The van der Waals surface area contributed by atoms with E-state index in [-0.39, 0.29) is 28.6 Å². The van der Waals surface area contributed by atoms with Gasteiger partial charge in [-0.25, -0.2) is 0 Å². The summed E-state index contributed by atoms with van der Waals surface area (Å²) in [6.45, 7) is 8.34. The lowest BCUT2D eigenvalue weighted by molar-refractivity contribution is -0.384. The number of nitrogens with one attached hydrogen (secondary N) is 1. The van der Waals surface area contributed by atoms with Crippen LogP contribution in [0, 0.1) is 10.1 Å². The molecule has 0 aliphatic carbocycles. The van der Waals surface area contributed by atoms with Crippen molar-refractivity contribution in [1.82, 2.24) is 5.32 Å². The summed E-state index contributed by atoms with van der Waals surface area (Å²) in [7, 11) is 0. The summed E-state index contributed by atoms with van der Waals surface area (Å²) in [5.41, 5.74) is 2.48. The zero-order chi connectivity index (χ0) is 17.9. The van der Waals surface area contributed by atoms with Crippen molar-refractivity contribution in [2.75, 3.05) is 0 Å². The molecule has 0 aromatic heterocycles. The number of amides is 1. The predicted octanol–water partition coefficient (Wildman–Crippen LogP) is 4.38. The van der Waals surface area contributed by atoms with Gasteiger partial charge in [-0.3, -0.25) is 14.9 Å². The number of hydrogen-bond donors (Lipinski definition) is 1. The Morgan fingerprint density at radius 3 is 2.29 bits per heavy atom. The second-order valence-corrected chi connectivity index (χ2v) is 6.87. The maximum atomic E-state index is 12.3. The van der Waals surface area contributed by atoms with Crippen molar-refractivity contribution in [1.29, 1.82) is 0 Å². The fourth-order valence-corrected chi connectivity index (χ4v) is 2.40. The lowest BCUT2D eigenvalue weighted by Crippen LogP contribution is -2.26. The quantitative estimate of drug-likeness (QED) is 0.669. The van der Waals surface area contributed by atoms with Gasteiger partial charge in [-0.05, 0) is 29.5 Å². The second-order valence-electron chi connectivity index (χ2n) is 6.87. The molecule has 0 spiro atoms. The van der Waals surface area contributed by atoms with Gasteiger partial charge >= 0.3 is 0 Å². The van der Waals surface area contributed by atoms with Crippen LogP contribution < -0.4 is 5.32 Å². The van der Waals surface area contributed by atoms with Gasteiger partial charge in [0, 0.05) is 17.7 Å². The number of carbonyl (C=O) groups is 1. The molecule has 1 unspecified atom stereocenters. The first-order valence-electron chi connectivity index (χ1n) is 7.84. The van der Waals surface area contributed by atoms with Crippen LogP contribution in [0.25, 0.3) is 0 Å². The van der Waals surface area contributed by atoms with E-state index in [0.717, 1.165) is 5.56 Å². The van der Waals surface area contributed by atoms with Gasteiger partial charge in [0.2, 0.25) is 0 Å². The van der Waals surface area contributed by atoms with Crippen LogP contribution in [0.1, 0.15) is 55.2 Å². The van der Waals surface area contributed by atoms with Crippen LogP contribution in [0.4, 0.5) is 5.69 Å². The topological polar surface area (TPSA) is 72.2 Å². The van der Waals surface area contributed by atoms with Crippen LogP contribution in [0.2, 0.25) is 0 Å². The number of nitro benzene ring substituents is 1. The largest absolute Gasteiger partial charge is 0.346 e. The molecule has 0 bridgehead atoms. The third-order valence-corrected chi connectivity index (χ3v) is 3.94. The lowest BCUT2D eigenvalue weighted by atomic mass is 9.86. The van der Waals surface area contributed by atoms with Gasteiger partial charge in [-0.15, -0.1) is 0 Å². The highest BCUT2D eigenvalue weighted by Crippen LogP contribution is 2.24. The van der Waals surface area contributed by atoms with Crippen LogP contribution in [-0.4, -0.2) is 10.8 Å². The third-order valence-electron chi connectivity index (χ3n) is 3.94. The normalized spacial score (nSPS) is 12.5. The van der Waals surface area contributed by atoms with Gasteiger partial charge in [-0.1, -0.05) is 51.1 Å². The molecule has 1 atom stereocenters. The fourth-order valence-electron chi connectivity index (χ4n) is 2.40. The first-order chi connectivity index (χ1) is 11.2. The number of hydrogen-bond acceptors (Lipinski definition) is 3. The van der Waals surface area contributed by atoms with Crippen LogP contribution in [0.3, 0.4) is 0 Å². The summed E-state index contributed by atoms with van der Waals surface area (Å²) in [6, 6.07) is 13.7. The molecule has 0 saturated heterocycles. The smallest absolute Gasteiger partial charge is 0.270 e. The summed E-state index contributed by atoms with van der Waals surface area (Å²) in [6.07, 6.45) is 0. The Labute approximate surface area is 141 Å². The van der Waals surface area contributed by atoms with Crippen LogP contribution in [0.5, 0.6) is 0 Å². The van der Waals surface area contributed by atoms with Crippen LogP contribution >= 0.6 is 0 Å². The van der Waals surface area contributed by atoms with Gasteiger partial charge < -0.3 is 5.32 Å². The molecule has 0 aliphatic rings. The molecule has 2 aromatic carbocycles. The number of nitro groups is 1. The van der Waals surface area contributed by atoms with E-state index in [9.17, 15) is 14.9 Å². The maximum Gasteiger partial charge on any atom is 0.270 e. The summed E-state index contributed by atoms with van der Waals surface area (Å²) in [5, 5.41) is 13.7. The molecule has 1 N–H and O–H groups in total. The average molecular weight is 326 g/mol. The van der Waals surface area contributed by atoms with Crippen molar-refractivity contribution in [2.24, 2.45) is 0 Å². The van der Waals surface area contributed by atoms with Crippen molar-refractivity contribution >= 4 is 11.6 Å². The molecule has 0 radical (unpaired) electrons. The molecule has 0 fully saturated rings. The first kappa shape index (κ1) is 17.7. The van der Waals surface area contributed by atoms with E-state index in [4.69, 9.17) is 0 Å². The zero-order valence-corrected chi connectivity index (χ0v) is 14.4. The number of rotatable bonds is 4. The highest BCUT2D eigenvalue weighted by atomic mass is 16.6. The van der Waals surface area contributed by atoms with E-state index >= 15 is 0 Å². The Kier molecular flexibility index (Phi) is 5.02. The molecule has 1 amide bonds. The molecule has 24 heavy (non-hydrogen) atoms. The van der Waals surface area contributed by atoms with Crippen molar-refractivity contribution in [3.63, 3.8) is 0 Å². The minimum absolute atomic E-state index is 0.0774. The standard InChI is InChI=1S/C19H22N2O3/c1-13(14-8-10-16(11-9-14)19(2,3)4)20-18(22)15-6-5-7-17(12-15)21(23)24/h5-13H,1-4H3,(H,20,22). The predicted molar refractivity (Wildman–Crippen MR) is 94.1 cm³/mol. The van der Waals surface area contributed by atoms with E-state index in [1.165, 1.54) is 23.8 Å². The minimum atomic E-state index is -0.509. The number of carbonyl (C=O) groups excluding carboxylic acids is 1. The molecule has 0 saturated carbocycles. The average Bonchev–Trinajstić information content (AvgIpc) is 2.54. The zero-order valence-electron chi connectivity index (χ0n) is 14.4. The minimum Gasteiger partial charge on any atom is -0.346 e. The van der Waals surface area contributed by atoms with Crippen molar-refractivity contribution in [3.05, 3.63) is 75.3 Å². The Morgan fingerprint density at radius 1 is 1.12 bits per heavy atom. The van der Waals surface area contributed by atoms with E-state index in [1.807, 2.05) is 19.1 Å². The highest BCUT2D eigenvalue weighted by Gasteiger charge is 2.16. The number of nitrogens with zero attached hydrogens (tertiary/aromatic N) is 1. The summed E-state index contributed by atoms with van der Waals surface area (Å²) < 4.78 is 0. The van der Waals surface area contributed by atoms with Gasteiger partial charge in [0.25, 0.3) is 11.6 Å². The van der Waals surface area contributed by atoms with E-state index in [2.05, 4.69) is 38.2 Å². The second kappa shape index (κ2) is 6.83. The fraction of sp³-hybridized carbons (Fsp3) is 0.316. The SMILES string of the molecule is CC(NC(=O)c1cccc([N+](=O)[O-])c1)c1ccc(C(C)(C)C)cc1. The monoisotopic (exact) mass is 326 g/mol. The van der Waals surface area contributed by atoms with Crippen molar-refractivity contribution in [2.45, 2.75) is 39.2 Å². The van der Waals surface area contributed by atoms with Crippen molar-refractivity contribution < 1.29 is 9.72 Å². The van der Waals surface area contributed by atoms with Gasteiger partial charge in [0.15, 0.2) is 0 Å². The molecule has 126 valence electrons. The van der Waals surface area contributed by atoms with Gasteiger partial charge in [0.05, 0.1) is 11.0 Å². The number of benzene rings is 2. The summed E-state index contributed by atoms with van der Waals surface area (Å²) >= 11 is 0. The highest BCUT2D eigenvalue weighted by molar-refractivity contribution is 5.95. The third kappa shape index (κ3) is 4.19. The molecule has 0 aliphatic heterocycles. The molecular weight excluding hydrogens is 304 g/mol. The first-order valence-corrected chi connectivity index (χ1v) is 7.84. The van der Waals surface area contributed by atoms with Crippen molar-refractivity contribution in [3.8, 4) is 0 Å². The Bertz CT molecular complexity index is 746. The van der Waals surface area contributed by atoms with Crippen LogP contribution in [-0.2, 0) is 5.41 Å². The molecule has 0 heterocycles. The Morgan fingerprint density at radius 2 is 1.75 bits per heavy atom. The van der Waals surface area contributed by atoms with Gasteiger partial charge in [0.1, 0.15) is 0 Å². The maximum absolute atomic E-state index is 12.3.